The summed E-state index contributed by atoms with van der Waals surface area (Å²) in [6, 6.07) is 10.5. The fourth-order valence-electron chi connectivity index (χ4n) is 1.40. The molecule has 0 N–H and O–H groups in total. The van der Waals surface area contributed by atoms with Crippen molar-refractivity contribution in [2.24, 2.45) is 0 Å². The minimum Gasteiger partial charge on any atom is -0.261 e. The molecule has 0 spiro atoms. The van der Waals surface area contributed by atoms with Crippen molar-refractivity contribution in [1.29, 1.82) is 0 Å². The van der Waals surface area contributed by atoms with Crippen molar-refractivity contribution in [3.8, 4) is 0 Å². The van der Waals surface area contributed by atoms with Crippen molar-refractivity contribution in [2.75, 3.05) is 0 Å². The summed E-state index contributed by atoms with van der Waals surface area (Å²) in [6.45, 7) is 0. The van der Waals surface area contributed by atoms with Crippen molar-refractivity contribution in [3.05, 3.63) is 59.9 Å². The maximum Gasteiger partial charge on any atom is 0.0407 e. The van der Waals surface area contributed by atoms with Crippen LogP contribution in [0.1, 0.15) is 12.0 Å². The first-order valence-corrected chi connectivity index (χ1v) is 4.55. The van der Waals surface area contributed by atoms with Crippen molar-refractivity contribution in [3.63, 3.8) is 0 Å². The predicted octanol–water partition coefficient (Wildman–Crippen LogP) is 2.63. The second-order valence-corrected chi connectivity index (χ2v) is 3.11. The minimum absolute atomic E-state index is 1.04. The van der Waals surface area contributed by atoms with E-state index in [1.54, 1.807) is 0 Å². The van der Waals surface area contributed by atoms with E-state index in [9.17, 15) is 0 Å². The first-order chi connectivity index (χ1) is 6.45. The van der Waals surface area contributed by atoms with Gasteiger partial charge in [0.25, 0.3) is 0 Å². The largest absolute Gasteiger partial charge is 0.261 e. The molecule has 0 aromatic heterocycles. The summed E-state index contributed by atoms with van der Waals surface area (Å²) in [4.78, 5) is 0. The van der Waals surface area contributed by atoms with Crippen LogP contribution in [0.5, 0.6) is 0 Å². The van der Waals surface area contributed by atoms with Gasteiger partial charge in [0.2, 0.25) is 0 Å². The summed E-state index contributed by atoms with van der Waals surface area (Å²) < 4.78 is 0. The molecule has 0 atom stereocenters. The second-order valence-electron chi connectivity index (χ2n) is 3.11. The Balaban J connectivity index is 1.87. The van der Waals surface area contributed by atoms with Crippen LogP contribution in [0.25, 0.3) is 0 Å². The van der Waals surface area contributed by atoms with Crippen LogP contribution in [-0.4, -0.2) is 0 Å². The molecule has 13 heavy (non-hydrogen) atoms. The molecule has 0 aliphatic carbocycles. The molecule has 1 radical (unpaired) electrons. The van der Waals surface area contributed by atoms with Crippen LogP contribution in [0.15, 0.2) is 54.4 Å². The molecule has 1 aliphatic heterocycles. The van der Waals surface area contributed by atoms with E-state index in [0.717, 1.165) is 12.8 Å². The Morgan fingerprint density at radius 2 is 1.85 bits per heavy atom. The molecule has 1 aromatic rings. The highest BCUT2D eigenvalue weighted by Crippen LogP contribution is 2.10. The summed E-state index contributed by atoms with van der Waals surface area (Å²) >= 11 is 0. The fraction of sp³-hybridized carbons (Fsp3) is 0.167. The van der Waals surface area contributed by atoms with Gasteiger partial charge >= 0.3 is 0 Å². The lowest BCUT2D eigenvalue weighted by Crippen LogP contribution is -1.94. The molecular weight excluding hydrogens is 158 g/mol. The Kier molecular flexibility index (Phi) is 2.46. The van der Waals surface area contributed by atoms with Crippen molar-refractivity contribution >= 4 is 0 Å². The number of rotatable bonds is 3. The molecule has 0 saturated carbocycles. The number of benzene rings is 1. The fourth-order valence-corrected chi connectivity index (χ4v) is 1.40. The molecule has 0 unspecified atom stereocenters. The average molecular weight is 170 g/mol. The zero-order valence-electron chi connectivity index (χ0n) is 7.48. The Labute approximate surface area is 78.8 Å². The molecule has 0 amide bonds. The van der Waals surface area contributed by atoms with E-state index in [0.29, 0.717) is 0 Å². The van der Waals surface area contributed by atoms with Gasteiger partial charge in [-0.1, -0.05) is 30.3 Å². The zero-order valence-corrected chi connectivity index (χ0v) is 7.48. The van der Waals surface area contributed by atoms with E-state index in [4.69, 9.17) is 0 Å². The zero-order chi connectivity index (χ0) is 8.93. The predicted molar refractivity (Wildman–Crippen MR) is 54.1 cm³/mol. The first kappa shape index (κ1) is 8.11. The number of hydrogen-bond donors (Lipinski definition) is 0. The van der Waals surface area contributed by atoms with Gasteiger partial charge in [-0.25, -0.2) is 0 Å². The number of hydrogen-bond acceptors (Lipinski definition) is 0. The van der Waals surface area contributed by atoms with E-state index >= 15 is 0 Å². The van der Waals surface area contributed by atoms with Crippen LogP contribution in [0.4, 0.5) is 0 Å². The van der Waals surface area contributed by atoms with Crippen LogP contribution in [-0.2, 0) is 6.42 Å². The third-order valence-corrected chi connectivity index (χ3v) is 2.13. The summed E-state index contributed by atoms with van der Waals surface area (Å²) in [7, 11) is 0. The SMILES string of the molecule is C1=C[N]C(CCc2ccccc2)=C1. The molecule has 1 heterocycles. The number of nitrogens with zero attached hydrogens (tertiary/aromatic N) is 1. The number of aryl methyl sites for hydroxylation is 1. The molecule has 1 heteroatoms. The second kappa shape index (κ2) is 3.94. The van der Waals surface area contributed by atoms with E-state index in [-0.39, 0.29) is 0 Å². The smallest absolute Gasteiger partial charge is 0.0407 e. The van der Waals surface area contributed by atoms with Gasteiger partial charge in [-0.15, -0.1) is 0 Å². The summed E-state index contributed by atoms with van der Waals surface area (Å²) in [6.07, 6.45) is 8.03. The molecule has 0 bridgehead atoms. The van der Waals surface area contributed by atoms with E-state index < -0.39 is 0 Å². The Morgan fingerprint density at radius 1 is 1.00 bits per heavy atom. The van der Waals surface area contributed by atoms with Crippen LogP contribution >= 0.6 is 0 Å². The summed E-state index contributed by atoms with van der Waals surface area (Å²) in [5, 5.41) is 4.23. The molecule has 2 rings (SSSR count). The minimum atomic E-state index is 1.04. The maximum absolute atomic E-state index is 4.23. The van der Waals surface area contributed by atoms with Gasteiger partial charge in [0, 0.05) is 11.9 Å². The van der Waals surface area contributed by atoms with Crippen LogP contribution in [0.2, 0.25) is 0 Å². The summed E-state index contributed by atoms with van der Waals surface area (Å²) in [5.74, 6) is 0. The molecule has 1 aliphatic rings. The normalized spacial score (nSPS) is 14.0. The van der Waals surface area contributed by atoms with Crippen LogP contribution < -0.4 is 5.32 Å². The van der Waals surface area contributed by atoms with E-state index in [1.807, 2.05) is 18.3 Å². The lowest BCUT2D eigenvalue weighted by molar-refractivity contribution is 0.867. The third-order valence-electron chi connectivity index (χ3n) is 2.13. The van der Waals surface area contributed by atoms with Gasteiger partial charge in [-0.3, -0.25) is 5.32 Å². The summed E-state index contributed by atoms with van der Waals surface area (Å²) in [5.41, 5.74) is 2.56. The molecule has 65 valence electrons. The van der Waals surface area contributed by atoms with Gasteiger partial charge in [0.1, 0.15) is 0 Å². The molecule has 0 saturated heterocycles. The molecule has 1 nitrogen and oxygen atoms in total. The van der Waals surface area contributed by atoms with Gasteiger partial charge in [0.15, 0.2) is 0 Å². The van der Waals surface area contributed by atoms with Crippen molar-refractivity contribution in [1.82, 2.24) is 5.32 Å². The van der Waals surface area contributed by atoms with Gasteiger partial charge in [0.05, 0.1) is 0 Å². The van der Waals surface area contributed by atoms with Crippen LogP contribution in [0, 0.1) is 0 Å². The molecular formula is C12H12N. The number of allylic oxidation sites excluding steroid dienone is 3. The van der Waals surface area contributed by atoms with Crippen molar-refractivity contribution in [2.45, 2.75) is 12.8 Å². The monoisotopic (exact) mass is 170 g/mol. The average Bonchev–Trinajstić information content (AvgIpc) is 2.69. The van der Waals surface area contributed by atoms with Crippen LogP contribution in [0.3, 0.4) is 0 Å². The Morgan fingerprint density at radius 3 is 2.54 bits per heavy atom. The topological polar surface area (TPSA) is 14.1 Å². The highest BCUT2D eigenvalue weighted by atomic mass is 14.9. The quantitative estimate of drug-likeness (QED) is 0.662. The van der Waals surface area contributed by atoms with Gasteiger partial charge in [-0.05, 0) is 30.6 Å². The third kappa shape index (κ3) is 2.22. The van der Waals surface area contributed by atoms with Gasteiger partial charge in [-0.2, -0.15) is 0 Å². The maximum atomic E-state index is 4.23. The van der Waals surface area contributed by atoms with E-state index in [1.165, 1.54) is 11.3 Å². The molecule has 0 fully saturated rings. The lowest BCUT2D eigenvalue weighted by Gasteiger charge is -2.01. The first-order valence-electron chi connectivity index (χ1n) is 4.55. The highest BCUT2D eigenvalue weighted by molar-refractivity contribution is 5.22. The Hall–Kier alpha value is -1.50. The van der Waals surface area contributed by atoms with E-state index in [2.05, 4.69) is 35.7 Å². The van der Waals surface area contributed by atoms with Gasteiger partial charge < -0.3 is 0 Å². The molecule has 1 aromatic carbocycles. The lowest BCUT2D eigenvalue weighted by atomic mass is 10.1. The standard InChI is InChI=1S/C12H12N/c1-2-5-11(6-3-1)8-9-12-7-4-10-13-12/h1-7,10H,8-9H2. The van der Waals surface area contributed by atoms with Crippen molar-refractivity contribution < 1.29 is 0 Å². The highest BCUT2D eigenvalue weighted by Gasteiger charge is 2.00. The Bertz CT molecular complexity index is 322.